The molecule has 0 saturated carbocycles. The van der Waals surface area contributed by atoms with Gasteiger partial charge in [-0.1, -0.05) is 33.6 Å². The van der Waals surface area contributed by atoms with E-state index in [9.17, 15) is 4.79 Å². The summed E-state index contributed by atoms with van der Waals surface area (Å²) in [5.74, 6) is 0.754. The van der Waals surface area contributed by atoms with Crippen LogP contribution in [0.3, 0.4) is 0 Å². The molecule has 1 aromatic heterocycles. The lowest BCUT2D eigenvalue weighted by Crippen LogP contribution is -2.50. The third-order valence-electron chi connectivity index (χ3n) is 4.19. The minimum Gasteiger partial charge on any atom is -0.464 e. The average molecular weight is 321 g/mol. The first kappa shape index (κ1) is 17.7. The summed E-state index contributed by atoms with van der Waals surface area (Å²) >= 11 is 0. The molecule has 2 heterocycles. The van der Waals surface area contributed by atoms with E-state index >= 15 is 0 Å². The zero-order valence-corrected chi connectivity index (χ0v) is 14.5. The molecule has 1 aromatic rings. The van der Waals surface area contributed by atoms with Gasteiger partial charge in [0.2, 0.25) is 0 Å². The van der Waals surface area contributed by atoms with Gasteiger partial charge >= 0.3 is 5.97 Å². The normalized spacial score (nSPS) is 21.5. The number of aromatic nitrogens is 2. The number of carbonyl (C=O) groups is 1. The first-order valence-electron chi connectivity index (χ1n) is 8.35. The number of morpholine rings is 1. The molecule has 0 N–H and O–H groups in total. The molecule has 0 amide bonds. The Labute approximate surface area is 138 Å². The van der Waals surface area contributed by atoms with Crippen LogP contribution in [-0.4, -0.2) is 48.3 Å². The van der Waals surface area contributed by atoms with Crippen LogP contribution in [0.1, 0.15) is 50.5 Å². The highest BCUT2D eigenvalue weighted by Crippen LogP contribution is 2.24. The maximum Gasteiger partial charge on any atom is 0.356 e. The van der Waals surface area contributed by atoms with Gasteiger partial charge in [-0.2, -0.15) is 0 Å². The molecule has 2 rings (SSSR count). The zero-order valence-electron chi connectivity index (χ0n) is 14.5. The first-order valence-corrected chi connectivity index (χ1v) is 8.35. The fraction of sp³-hybridized carbons (Fsp3) is 0.706. The summed E-state index contributed by atoms with van der Waals surface area (Å²) in [6, 6.07) is 1.70. The SMILES string of the molecule is CCCC[C@@H]1CN(c2cc(C(=O)OC)ncn2)C[C@H](C(C)C)O1. The Hall–Kier alpha value is -1.69. The fourth-order valence-electron chi connectivity index (χ4n) is 2.75. The van der Waals surface area contributed by atoms with E-state index in [0.717, 1.165) is 38.2 Å². The first-order chi connectivity index (χ1) is 11.0. The average Bonchev–Trinajstić information content (AvgIpc) is 2.59. The maximum atomic E-state index is 11.7. The van der Waals surface area contributed by atoms with Crippen LogP contribution in [0.25, 0.3) is 0 Å². The van der Waals surface area contributed by atoms with Crippen molar-refractivity contribution in [3.05, 3.63) is 18.1 Å². The summed E-state index contributed by atoms with van der Waals surface area (Å²) in [5, 5.41) is 0. The van der Waals surface area contributed by atoms with E-state index in [1.807, 2.05) is 0 Å². The third kappa shape index (κ3) is 4.64. The van der Waals surface area contributed by atoms with Crippen LogP contribution in [0.2, 0.25) is 0 Å². The summed E-state index contributed by atoms with van der Waals surface area (Å²) in [5.41, 5.74) is 0.287. The van der Waals surface area contributed by atoms with Gasteiger partial charge in [0.25, 0.3) is 0 Å². The Balaban J connectivity index is 2.17. The third-order valence-corrected chi connectivity index (χ3v) is 4.19. The highest BCUT2D eigenvalue weighted by molar-refractivity contribution is 5.87. The van der Waals surface area contributed by atoms with Crippen LogP contribution in [-0.2, 0) is 9.47 Å². The molecule has 128 valence electrons. The number of ether oxygens (including phenoxy) is 2. The summed E-state index contributed by atoms with van der Waals surface area (Å²) in [6.07, 6.45) is 5.15. The largest absolute Gasteiger partial charge is 0.464 e. The van der Waals surface area contributed by atoms with Crippen LogP contribution in [0.15, 0.2) is 12.4 Å². The van der Waals surface area contributed by atoms with E-state index in [4.69, 9.17) is 9.47 Å². The van der Waals surface area contributed by atoms with Crippen molar-refractivity contribution in [2.45, 2.75) is 52.2 Å². The van der Waals surface area contributed by atoms with Crippen molar-refractivity contribution < 1.29 is 14.3 Å². The molecule has 1 saturated heterocycles. The lowest BCUT2D eigenvalue weighted by atomic mass is 10.0. The molecule has 1 aliphatic rings. The zero-order chi connectivity index (χ0) is 16.8. The van der Waals surface area contributed by atoms with Gasteiger partial charge in [0.05, 0.1) is 19.3 Å². The number of esters is 1. The number of nitrogens with zero attached hydrogens (tertiary/aromatic N) is 3. The lowest BCUT2D eigenvalue weighted by Gasteiger charge is -2.40. The predicted octanol–water partition coefficient (Wildman–Crippen LogP) is 2.68. The molecule has 0 spiro atoms. The Morgan fingerprint density at radius 2 is 2.22 bits per heavy atom. The summed E-state index contributed by atoms with van der Waals surface area (Å²) < 4.78 is 11.0. The summed E-state index contributed by atoms with van der Waals surface area (Å²) in [6.45, 7) is 8.10. The Morgan fingerprint density at radius 1 is 1.43 bits per heavy atom. The molecule has 0 bridgehead atoms. The number of methoxy groups -OCH3 is 1. The number of carbonyl (C=O) groups excluding carboxylic acids is 1. The van der Waals surface area contributed by atoms with Crippen molar-refractivity contribution >= 4 is 11.8 Å². The van der Waals surface area contributed by atoms with Gasteiger partial charge in [0.15, 0.2) is 5.69 Å². The Bertz CT molecular complexity index is 522. The van der Waals surface area contributed by atoms with Crippen molar-refractivity contribution in [2.24, 2.45) is 5.92 Å². The van der Waals surface area contributed by atoms with E-state index in [2.05, 4.69) is 35.6 Å². The van der Waals surface area contributed by atoms with Crippen molar-refractivity contribution in [3.8, 4) is 0 Å². The van der Waals surface area contributed by atoms with Crippen LogP contribution in [0.4, 0.5) is 5.82 Å². The van der Waals surface area contributed by atoms with Gasteiger partial charge in [-0.3, -0.25) is 0 Å². The number of hydrogen-bond donors (Lipinski definition) is 0. The minimum absolute atomic E-state index is 0.169. The molecular formula is C17H27N3O3. The molecule has 0 radical (unpaired) electrons. The van der Waals surface area contributed by atoms with Crippen molar-refractivity contribution in [3.63, 3.8) is 0 Å². The summed E-state index contributed by atoms with van der Waals surface area (Å²) in [4.78, 5) is 22.2. The molecular weight excluding hydrogens is 294 g/mol. The molecule has 1 fully saturated rings. The van der Waals surface area contributed by atoms with E-state index in [-0.39, 0.29) is 17.9 Å². The van der Waals surface area contributed by atoms with E-state index < -0.39 is 5.97 Å². The minimum atomic E-state index is -0.440. The van der Waals surface area contributed by atoms with Gasteiger partial charge in [0.1, 0.15) is 12.1 Å². The fourth-order valence-corrected chi connectivity index (χ4v) is 2.75. The maximum absolute atomic E-state index is 11.7. The van der Waals surface area contributed by atoms with Crippen molar-refractivity contribution in [1.29, 1.82) is 0 Å². The van der Waals surface area contributed by atoms with E-state index in [1.54, 1.807) is 6.07 Å². The Morgan fingerprint density at radius 3 is 2.87 bits per heavy atom. The van der Waals surface area contributed by atoms with Crippen LogP contribution in [0.5, 0.6) is 0 Å². The number of unbranched alkanes of at least 4 members (excludes halogenated alkanes) is 1. The van der Waals surface area contributed by atoms with Crippen LogP contribution >= 0.6 is 0 Å². The van der Waals surface area contributed by atoms with Crippen molar-refractivity contribution in [2.75, 3.05) is 25.1 Å². The molecule has 0 aromatic carbocycles. The van der Waals surface area contributed by atoms with Crippen LogP contribution in [0, 0.1) is 5.92 Å². The van der Waals surface area contributed by atoms with Gasteiger partial charge in [-0.15, -0.1) is 0 Å². The van der Waals surface area contributed by atoms with E-state index in [0.29, 0.717) is 5.92 Å². The molecule has 0 unspecified atom stereocenters. The van der Waals surface area contributed by atoms with Gasteiger partial charge in [-0.25, -0.2) is 14.8 Å². The lowest BCUT2D eigenvalue weighted by molar-refractivity contribution is -0.0521. The number of anilines is 1. The molecule has 6 heteroatoms. The molecule has 6 nitrogen and oxygen atoms in total. The summed E-state index contributed by atoms with van der Waals surface area (Å²) in [7, 11) is 1.36. The topological polar surface area (TPSA) is 64.6 Å². The van der Waals surface area contributed by atoms with E-state index in [1.165, 1.54) is 13.4 Å². The second-order valence-corrected chi connectivity index (χ2v) is 6.34. The van der Waals surface area contributed by atoms with Gasteiger partial charge < -0.3 is 14.4 Å². The van der Waals surface area contributed by atoms with Crippen LogP contribution < -0.4 is 4.90 Å². The standard InChI is InChI=1S/C17H27N3O3/c1-5-6-7-13-9-20(10-15(23-13)12(2)3)16-8-14(17(21)22-4)18-11-19-16/h8,11-13,15H,5-7,9-10H2,1-4H3/t13-,15-/m1/s1. The second-order valence-electron chi connectivity index (χ2n) is 6.34. The van der Waals surface area contributed by atoms with Gasteiger partial charge in [0, 0.05) is 19.2 Å². The monoisotopic (exact) mass is 321 g/mol. The highest BCUT2D eigenvalue weighted by Gasteiger charge is 2.30. The smallest absolute Gasteiger partial charge is 0.356 e. The van der Waals surface area contributed by atoms with Gasteiger partial charge in [-0.05, 0) is 12.3 Å². The van der Waals surface area contributed by atoms with Crippen molar-refractivity contribution in [1.82, 2.24) is 9.97 Å². The molecule has 0 aliphatic carbocycles. The molecule has 1 aliphatic heterocycles. The quantitative estimate of drug-likeness (QED) is 0.751. The molecule has 23 heavy (non-hydrogen) atoms. The number of rotatable bonds is 6. The molecule has 2 atom stereocenters. The number of hydrogen-bond acceptors (Lipinski definition) is 6. The Kier molecular flexibility index (Phi) is 6.33. The second kappa shape index (κ2) is 8.24. The predicted molar refractivity (Wildman–Crippen MR) is 88.6 cm³/mol. The highest BCUT2D eigenvalue weighted by atomic mass is 16.5.